The highest BCUT2D eigenvalue weighted by Gasteiger charge is 2.24. The minimum atomic E-state index is -0.319. The molecule has 0 unspecified atom stereocenters. The van der Waals surface area contributed by atoms with Crippen molar-refractivity contribution in [1.82, 2.24) is 4.98 Å². The minimum Gasteiger partial charge on any atom is -0.497 e. The van der Waals surface area contributed by atoms with Gasteiger partial charge in [0.2, 0.25) is 0 Å². The van der Waals surface area contributed by atoms with Gasteiger partial charge in [0.05, 0.1) is 12.6 Å². The second-order valence-corrected chi connectivity index (χ2v) is 6.20. The molecule has 0 amide bonds. The van der Waals surface area contributed by atoms with Crippen LogP contribution < -0.4 is 15.8 Å². The van der Waals surface area contributed by atoms with Crippen LogP contribution in [0.3, 0.4) is 0 Å². The summed E-state index contributed by atoms with van der Waals surface area (Å²) >= 11 is 6.71. The van der Waals surface area contributed by atoms with Gasteiger partial charge in [0, 0.05) is 28.9 Å². The van der Waals surface area contributed by atoms with E-state index in [0.29, 0.717) is 4.99 Å². The maximum Gasteiger partial charge on any atom is 0.120 e. The summed E-state index contributed by atoms with van der Waals surface area (Å²) in [5.41, 5.74) is 7.10. The van der Waals surface area contributed by atoms with Crippen molar-refractivity contribution < 1.29 is 4.74 Å². The molecule has 4 nitrogen and oxygen atoms in total. The highest BCUT2D eigenvalue weighted by Crippen LogP contribution is 2.31. The second kappa shape index (κ2) is 5.76. The zero-order valence-electron chi connectivity index (χ0n) is 11.6. The molecule has 0 spiro atoms. The van der Waals surface area contributed by atoms with E-state index in [1.54, 1.807) is 24.6 Å². The first kappa shape index (κ1) is 14.7. The Hall–Kier alpha value is -1.66. The smallest absolute Gasteiger partial charge is 0.120 e. The number of hydrogen-bond acceptors (Lipinski definition) is 5. The molecule has 0 atom stereocenters. The molecule has 0 radical (unpaired) electrons. The van der Waals surface area contributed by atoms with Gasteiger partial charge in [-0.1, -0.05) is 12.2 Å². The Balaban J connectivity index is 2.39. The van der Waals surface area contributed by atoms with Crippen LogP contribution in [0.15, 0.2) is 29.8 Å². The Morgan fingerprint density at radius 2 is 2.20 bits per heavy atom. The summed E-state index contributed by atoms with van der Waals surface area (Å²) in [6.07, 6.45) is 1.80. The van der Waals surface area contributed by atoms with Crippen molar-refractivity contribution in [3.63, 3.8) is 0 Å². The number of thiazole rings is 1. The van der Waals surface area contributed by atoms with Crippen LogP contribution in [0, 0.1) is 0 Å². The van der Waals surface area contributed by atoms with E-state index in [1.165, 1.54) is 0 Å². The van der Waals surface area contributed by atoms with Crippen molar-refractivity contribution in [1.29, 1.82) is 0 Å². The maximum absolute atomic E-state index is 5.78. The number of nitrogens with two attached hydrogens (primary N) is 1. The molecular formula is C14H17N3OS2. The number of aromatic nitrogens is 1. The van der Waals surface area contributed by atoms with E-state index in [4.69, 9.17) is 22.7 Å². The molecule has 0 saturated heterocycles. The lowest BCUT2D eigenvalue weighted by Gasteiger charge is -2.27. The van der Waals surface area contributed by atoms with Gasteiger partial charge >= 0.3 is 0 Å². The summed E-state index contributed by atoms with van der Waals surface area (Å²) in [6.45, 7) is 4.13. The van der Waals surface area contributed by atoms with Crippen LogP contribution in [0.5, 0.6) is 5.75 Å². The Kier molecular flexibility index (Phi) is 4.25. The third-order valence-electron chi connectivity index (χ3n) is 2.91. The Bertz CT molecular complexity index is 609. The lowest BCUT2D eigenvalue weighted by molar-refractivity contribution is 0.415. The van der Waals surface area contributed by atoms with Crippen LogP contribution in [0.4, 0.5) is 5.69 Å². The summed E-state index contributed by atoms with van der Waals surface area (Å²) in [6, 6.07) is 5.60. The number of benzene rings is 1. The number of rotatable bonds is 5. The summed E-state index contributed by atoms with van der Waals surface area (Å²) in [4.78, 5) is 4.71. The third kappa shape index (κ3) is 3.08. The second-order valence-electron chi connectivity index (χ2n) is 4.86. The standard InChI is InChI=1S/C14H17N3OS2/c1-14(2,13-16-6-7-20-13)17-11-8-9(18-3)4-5-10(11)12(15)19/h4-8,17H,1-3H3,(H2,15,19). The molecule has 0 aliphatic rings. The molecule has 20 heavy (non-hydrogen) atoms. The monoisotopic (exact) mass is 307 g/mol. The fraction of sp³-hybridized carbons (Fsp3) is 0.286. The molecule has 0 bridgehead atoms. The van der Waals surface area contributed by atoms with Crippen LogP contribution in [-0.4, -0.2) is 17.1 Å². The van der Waals surface area contributed by atoms with Crippen LogP contribution in [0.25, 0.3) is 0 Å². The Morgan fingerprint density at radius 1 is 1.45 bits per heavy atom. The number of anilines is 1. The number of nitrogens with zero attached hydrogens (tertiary/aromatic N) is 1. The first-order valence-electron chi connectivity index (χ1n) is 6.10. The Morgan fingerprint density at radius 3 is 2.75 bits per heavy atom. The summed E-state index contributed by atoms with van der Waals surface area (Å²) < 4.78 is 5.26. The summed E-state index contributed by atoms with van der Waals surface area (Å²) in [5, 5.41) is 6.40. The van der Waals surface area contributed by atoms with Crippen molar-refractivity contribution in [2.75, 3.05) is 12.4 Å². The third-order valence-corrected chi connectivity index (χ3v) is 4.22. The first-order valence-corrected chi connectivity index (χ1v) is 7.39. The van der Waals surface area contributed by atoms with E-state index < -0.39 is 0 Å². The molecule has 0 fully saturated rings. The van der Waals surface area contributed by atoms with E-state index in [-0.39, 0.29) is 5.54 Å². The molecular weight excluding hydrogens is 290 g/mol. The molecule has 3 N–H and O–H groups in total. The van der Waals surface area contributed by atoms with Gasteiger partial charge in [-0.25, -0.2) is 4.98 Å². The van der Waals surface area contributed by atoms with Gasteiger partial charge in [-0.05, 0) is 26.0 Å². The highest BCUT2D eigenvalue weighted by atomic mass is 32.1. The summed E-state index contributed by atoms with van der Waals surface area (Å²) in [7, 11) is 1.63. The van der Waals surface area contributed by atoms with E-state index in [1.807, 2.05) is 23.6 Å². The zero-order chi connectivity index (χ0) is 14.8. The quantitative estimate of drug-likeness (QED) is 0.831. The van der Waals surface area contributed by atoms with Gasteiger partial charge < -0.3 is 15.8 Å². The molecule has 2 rings (SSSR count). The zero-order valence-corrected chi connectivity index (χ0v) is 13.3. The summed E-state index contributed by atoms with van der Waals surface area (Å²) in [5.74, 6) is 0.752. The molecule has 1 aromatic heterocycles. The molecule has 0 aliphatic carbocycles. The van der Waals surface area contributed by atoms with E-state index >= 15 is 0 Å². The SMILES string of the molecule is COc1ccc(C(N)=S)c(NC(C)(C)c2nccs2)c1. The average Bonchev–Trinajstić information content (AvgIpc) is 2.92. The number of thiocarbonyl (C=S) groups is 1. The van der Waals surface area contributed by atoms with E-state index in [9.17, 15) is 0 Å². The van der Waals surface area contributed by atoms with Gasteiger partial charge in [0.15, 0.2) is 0 Å². The molecule has 6 heteroatoms. The van der Waals surface area contributed by atoms with Crippen molar-refractivity contribution >= 4 is 34.2 Å². The van der Waals surface area contributed by atoms with Crippen LogP contribution in [0.1, 0.15) is 24.4 Å². The number of nitrogens with one attached hydrogen (secondary N) is 1. The molecule has 2 aromatic rings. The van der Waals surface area contributed by atoms with Gasteiger partial charge in [-0.15, -0.1) is 11.3 Å². The topological polar surface area (TPSA) is 60.2 Å². The highest BCUT2D eigenvalue weighted by molar-refractivity contribution is 7.80. The first-order chi connectivity index (χ1) is 9.44. The van der Waals surface area contributed by atoms with Crippen molar-refractivity contribution in [3.05, 3.63) is 40.3 Å². The van der Waals surface area contributed by atoms with Crippen molar-refractivity contribution in [2.45, 2.75) is 19.4 Å². The number of methoxy groups -OCH3 is 1. The normalized spacial score (nSPS) is 11.2. The Labute approximate surface area is 128 Å². The number of ether oxygens (including phenoxy) is 1. The fourth-order valence-electron chi connectivity index (χ4n) is 1.89. The largest absolute Gasteiger partial charge is 0.497 e. The van der Waals surface area contributed by atoms with Gasteiger partial charge in [-0.2, -0.15) is 0 Å². The molecule has 1 aromatic carbocycles. The maximum atomic E-state index is 5.78. The van der Waals surface area contributed by atoms with Crippen molar-refractivity contribution in [3.8, 4) is 5.75 Å². The van der Waals surface area contributed by atoms with E-state index in [0.717, 1.165) is 22.0 Å². The van der Waals surface area contributed by atoms with Crippen LogP contribution in [-0.2, 0) is 5.54 Å². The van der Waals surface area contributed by atoms with Gasteiger partial charge in [-0.3, -0.25) is 0 Å². The molecule has 1 heterocycles. The lowest BCUT2D eigenvalue weighted by atomic mass is 10.0. The lowest BCUT2D eigenvalue weighted by Crippen LogP contribution is -2.29. The van der Waals surface area contributed by atoms with Crippen LogP contribution >= 0.6 is 23.6 Å². The van der Waals surface area contributed by atoms with Gasteiger partial charge in [0.1, 0.15) is 15.7 Å². The molecule has 0 aliphatic heterocycles. The van der Waals surface area contributed by atoms with E-state index in [2.05, 4.69) is 24.1 Å². The molecule has 106 valence electrons. The van der Waals surface area contributed by atoms with Crippen LogP contribution in [0.2, 0.25) is 0 Å². The predicted octanol–water partition coefficient (Wildman–Crippen LogP) is 3.13. The molecule has 0 saturated carbocycles. The van der Waals surface area contributed by atoms with Crippen molar-refractivity contribution in [2.24, 2.45) is 5.73 Å². The minimum absolute atomic E-state index is 0.319. The number of hydrogen-bond donors (Lipinski definition) is 2. The predicted molar refractivity (Wildman–Crippen MR) is 87.6 cm³/mol. The average molecular weight is 307 g/mol. The fourth-order valence-corrected chi connectivity index (χ4v) is 2.79. The van der Waals surface area contributed by atoms with Gasteiger partial charge in [0.25, 0.3) is 0 Å².